The molecule has 0 spiro atoms. The highest BCUT2D eigenvalue weighted by Crippen LogP contribution is 2.40. The molecular weight excluding hydrogens is 560 g/mol. The fraction of sp³-hybridized carbons (Fsp3) is 0.323. The minimum atomic E-state index is -0.852. The SMILES string of the molecule is O=C(O)CCCCC(=O)Nc1ccc([C@@H]2O[C@H](CSc3nc4ccccc4s3)C[C@H](c3ccc(CO)cc3)O2)cc1. The second-order valence-corrected chi connectivity index (χ2v) is 12.2. The summed E-state index contributed by atoms with van der Waals surface area (Å²) in [4.78, 5) is 27.6. The number of thiazole rings is 1. The third kappa shape index (κ3) is 8.15. The molecule has 5 rings (SSSR count). The third-order valence-electron chi connectivity index (χ3n) is 6.79. The molecule has 8 nitrogen and oxygen atoms in total. The van der Waals surface area contributed by atoms with E-state index in [4.69, 9.17) is 19.6 Å². The van der Waals surface area contributed by atoms with Gasteiger partial charge in [-0.3, -0.25) is 9.59 Å². The number of aliphatic carboxylic acids is 1. The Kier molecular flexibility index (Phi) is 10.0. The van der Waals surface area contributed by atoms with Crippen molar-refractivity contribution in [3.63, 3.8) is 0 Å². The lowest BCUT2D eigenvalue weighted by Gasteiger charge is -2.36. The molecule has 4 aromatic rings. The van der Waals surface area contributed by atoms with Crippen LogP contribution in [0, 0.1) is 0 Å². The smallest absolute Gasteiger partial charge is 0.303 e. The number of amides is 1. The lowest BCUT2D eigenvalue weighted by Crippen LogP contribution is -2.31. The number of benzene rings is 3. The highest BCUT2D eigenvalue weighted by Gasteiger charge is 2.32. The average Bonchev–Trinajstić information content (AvgIpc) is 3.42. The van der Waals surface area contributed by atoms with Crippen LogP contribution in [-0.2, 0) is 25.7 Å². The number of hydrogen-bond acceptors (Lipinski definition) is 8. The van der Waals surface area contributed by atoms with Crippen molar-refractivity contribution in [1.82, 2.24) is 4.98 Å². The predicted molar refractivity (Wildman–Crippen MR) is 160 cm³/mol. The van der Waals surface area contributed by atoms with E-state index in [1.165, 1.54) is 0 Å². The first-order valence-corrected chi connectivity index (χ1v) is 15.4. The monoisotopic (exact) mass is 592 g/mol. The van der Waals surface area contributed by atoms with Crippen molar-refractivity contribution in [1.29, 1.82) is 0 Å². The summed E-state index contributed by atoms with van der Waals surface area (Å²) < 4.78 is 15.0. The molecule has 0 unspecified atom stereocenters. The number of anilines is 1. The molecular formula is C31H32N2O6S2. The van der Waals surface area contributed by atoms with E-state index in [2.05, 4.69) is 11.4 Å². The van der Waals surface area contributed by atoms with Crippen LogP contribution >= 0.6 is 23.1 Å². The van der Waals surface area contributed by atoms with Crippen LogP contribution < -0.4 is 5.32 Å². The number of carbonyl (C=O) groups is 2. The van der Waals surface area contributed by atoms with Gasteiger partial charge in [-0.25, -0.2) is 4.98 Å². The molecule has 1 aromatic heterocycles. The predicted octanol–water partition coefficient (Wildman–Crippen LogP) is 6.71. The molecule has 1 fully saturated rings. The first-order chi connectivity index (χ1) is 20.0. The molecule has 2 heterocycles. The highest BCUT2D eigenvalue weighted by molar-refractivity contribution is 8.01. The van der Waals surface area contributed by atoms with Gasteiger partial charge in [0, 0.05) is 36.3 Å². The van der Waals surface area contributed by atoms with Gasteiger partial charge in [0.1, 0.15) is 0 Å². The van der Waals surface area contributed by atoms with Gasteiger partial charge < -0.3 is 25.0 Å². The van der Waals surface area contributed by atoms with Gasteiger partial charge in [0.05, 0.1) is 29.0 Å². The number of aliphatic hydroxyl groups excluding tert-OH is 1. The Morgan fingerprint density at radius 1 is 0.951 bits per heavy atom. The number of aromatic nitrogens is 1. The number of ether oxygens (including phenoxy) is 2. The van der Waals surface area contributed by atoms with Gasteiger partial charge in [0.15, 0.2) is 10.6 Å². The molecule has 3 N–H and O–H groups in total. The molecule has 3 aromatic carbocycles. The zero-order valence-corrected chi connectivity index (χ0v) is 24.0. The number of fused-ring (bicyclic) bond motifs is 1. The number of carbonyl (C=O) groups excluding carboxylic acids is 1. The summed E-state index contributed by atoms with van der Waals surface area (Å²) in [5, 5.41) is 21.1. The largest absolute Gasteiger partial charge is 0.481 e. The molecule has 0 aliphatic carbocycles. The van der Waals surface area contributed by atoms with E-state index in [1.54, 1.807) is 23.1 Å². The molecule has 41 heavy (non-hydrogen) atoms. The zero-order valence-electron chi connectivity index (χ0n) is 22.4. The summed E-state index contributed by atoms with van der Waals surface area (Å²) in [6, 6.07) is 23.3. The summed E-state index contributed by atoms with van der Waals surface area (Å²) in [5.74, 6) is -0.275. The van der Waals surface area contributed by atoms with Crippen molar-refractivity contribution >= 4 is 50.9 Å². The number of carboxylic acids is 1. The highest BCUT2D eigenvalue weighted by atomic mass is 32.2. The maximum atomic E-state index is 12.2. The van der Waals surface area contributed by atoms with Gasteiger partial charge in [-0.2, -0.15) is 0 Å². The van der Waals surface area contributed by atoms with Crippen molar-refractivity contribution < 1.29 is 29.3 Å². The van der Waals surface area contributed by atoms with Crippen LogP contribution in [-0.4, -0.2) is 38.9 Å². The number of aliphatic hydroxyl groups is 1. The summed E-state index contributed by atoms with van der Waals surface area (Å²) in [6.07, 6.45) is 1.16. The quantitative estimate of drug-likeness (QED) is 0.123. The van der Waals surface area contributed by atoms with Gasteiger partial charge in [-0.1, -0.05) is 60.3 Å². The first-order valence-electron chi connectivity index (χ1n) is 13.6. The lowest BCUT2D eigenvalue weighted by atomic mass is 10.0. The second kappa shape index (κ2) is 14.1. The molecule has 0 saturated carbocycles. The van der Waals surface area contributed by atoms with E-state index in [9.17, 15) is 14.7 Å². The van der Waals surface area contributed by atoms with Crippen LogP contribution in [0.1, 0.15) is 61.2 Å². The molecule has 1 saturated heterocycles. The van der Waals surface area contributed by atoms with Gasteiger partial charge in [0.2, 0.25) is 5.91 Å². The molecule has 214 valence electrons. The Morgan fingerprint density at radius 3 is 2.41 bits per heavy atom. The van der Waals surface area contributed by atoms with E-state index in [1.807, 2.05) is 66.7 Å². The Hall–Kier alpha value is -3.28. The van der Waals surface area contributed by atoms with Gasteiger partial charge in [-0.05, 0) is 48.2 Å². The standard InChI is InChI=1S/C31H32N2O6S2/c34-18-20-9-11-21(12-10-20)26-17-24(19-40-31-33-25-5-1-2-6-27(25)41-31)38-30(39-26)22-13-15-23(16-14-22)32-28(35)7-3-4-8-29(36)37/h1-2,5-6,9-16,24,26,30,34H,3-4,7-8,17-19H2,(H,32,35)(H,36,37)/t24-,26+,30+/m0/s1. The van der Waals surface area contributed by atoms with E-state index >= 15 is 0 Å². The van der Waals surface area contributed by atoms with Crippen molar-refractivity contribution in [2.24, 2.45) is 0 Å². The maximum Gasteiger partial charge on any atom is 0.303 e. The molecule has 1 amide bonds. The van der Waals surface area contributed by atoms with E-state index in [0.29, 0.717) is 24.9 Å². The van der Waals surface area contributed by atoms with Crippen molar-refractivity contribution in [3.05, 3.63) is 89.5 Å². The van der Waals surface area contributed by atoms with Crippen LogP contribution in [0.5, 0.6) is 0 Å². The lowest BCUT2D eigenvalue weighted by molar-refractivity contribution is -0.245. The minimum absolute atomic E-state index is 0.00973. The number of para-hydroxylation sites is 1. The van der Waals surface area contributed by atoms with Gasteiger partial charge >= 0.3 is 5.97 Å². The normalized spacial score (nSPS) is 18.8. The Labute approximate surface area is 246 Å². The summed E-state index contributed by atoms with van der Waals surface area (Å²) in [7, 11) is 0. The second-order valence-electron chi connectivity index (χ2n) is 9.88. The number of thioether (sulfide) groups is 1. The third-order valence-corrected chi connectivity index (χ3v) is 9.10. The van der Waals surface area contributed by atoms with Crippen LogP contribution in [0.15, 0.2) is 77.1 Å². The first kappa shape index (κ1) is 29.2. The van der Waals surface area contributed by atoms with Gasteiger partial charge in [0.25, 0.3) is 0 Å². The number of rotatable bonds is 12. The Morgan fingerprint density at radius 2 is 1.68 bits per heavy atom. The van der Waals surface area contributed by atoms with Gasteiger partial charge in [-0.15, -0.1) is 11.3 Å². The Balaban J connectivity index is 1.25. The number of unbranched alkanes of at least 4 members (excludes halogenated alkanes) is 1. The fourth-order valence-corrected chi connectivity index (χ4v) is 6.72. The van der Waals surface area contributed by atoms with E-state index in [-0.39, 0.29) is 37.6 Å². The molecule has 3 atom stereocenters. The fourth-order valence-electron chi connectivity index (χ4n) is 4.61. The number of nitrogens with zero attached hydrogens (tertiary/aromatic N) is 1. The van der Waals surface area contributed by atoms with E-state index in [0.717, 1.165) is 37.0 Å². The van der Waals surface area contributed by atoms with Crippen LogP contribution in [0.4, 0.5) is 5.69 Å². The maximum absolute atomic E-state index is 12.2. The Bertz CT molecular complexity index is 1420. The molecule has 0 bridgehead atoms. The van der Waals surface area contributed by atoms with Crippen LogP contribution in [0.3, 0.4) is 0 Å². The summed E-state index contributed by atoms with van der Waals surface area (Å²) in [6.45, 7) is -0.00973. The topological polar surface area (TPSA) is 118 Å². The molecule has 0 radical (unpaired) electrons. The van der Waals surface area contributed by atoms with Crippen molar-refractivity contribution in [2.45, 2.75) is 61.5 Å². The summed E-state index contributed by atoms with van der Waals surface area (Å²) in [5.41, 5.74) is 4.38. The number of carboxylic acid groups (broad SMARTS) is 1. The number of nitrogens with one attached hydrogen (secondary N) is 1. The zero-order chi connectivity index (χ0) is 28.6. The average molecular weight is 593 g/mol. The molecule has 1 aliphatic heterocycles. The van der Waals surface area contributed by atoms with Crippen molar-refractivity contribution in [2.75, 3.05) is 11.1 Å². The van der Waals surface area contributed by atoms with Crippen LogP contribution in [0.25, 0.3) is 10.2 Å². The van der Waals surface area contributed by atoms with Crippen molar-refractivity contribution in [3.8, 4) is 0 Å². The van der Waals surface area contributed by atoms with E-state index < -0.39 is 12.3 Å². The molecule has 10 heteroatoms. The molecule has 1 aliphatic rings. The van der Waals surface area contributed by atoms with Crippen LogP contribution in [0.2, 0.25) is 0 Å². The summed E-state index contributed by atoms with van der Waals surface area (Å²) >= 11 is 3.36. The number of hydrogen-bond donors (Lipinski definition) is 3. The minimum Gasteiger partial charge on any atom is -0.481 e.